The molecule has 0 unspecified atom stereocenters. The minimum absolute atomic E-state index is 0.00979. The van der Waals surface area contributed by atoms with Crippen LogP contribution in [0.3, 0.4) is 0 Å². The number of nitrogens with zero attached hydrogens (tertiary/aromatic N) is 2. The van der Waals surface area contributed by atoms with Gasteiger partial charge in [0, 0.05) is 25.2 Å². The zero-order valence-corrected chi connectivity index (χ0v) is 24.2. The molecule has 37 heavy (non-hydrogen) atoms. The van der Waals surface area contributed by atoms with Crippen LogP contribution in [-0.2, 0) is 32.9 Å². The molecule has 1 fully saturated rings. The van der Waals surface area contributed by atoms with Crippen LogP contribution in [0.4, 0.5) is 0 Å². The van der Waals surface area contributed by atoms with Crippen LogP contribution in [0.1, 0.15) is 16.7 Å². The molecular formula is C26H29IN2O6S2. The first kappa shape index (κ1) is 27.8. The van der Waals surface area contributed by atoms with Gasteiger partial charge in [-0.3, -0.25) is 0 Å². The van der Waals surface area contributed by atoms with Gasteiger partial charge in [-0.15, -0.1) is 0 Å². The maximum Gasteiger partial charge on any atom is 0.243 e. The van der Waals surface area contributed by atoms with Gasteiger partial charge in [-0.05, 0) is 89.9 Å². The largest absolute Gasteiger partial charge is 0.508 e. The van der Waals surface area contributed by atoms with Crippen molar-refractivity contribution in [3.05, 3.63) is 87.0 Å². The normalized spacial score (nSPS) is 19.6. The second kappa shape index (κ2) is 10.9. The maximum absolute atomic E-state index is 13.9. The van der Waals surface area contributed by atoms with Crippen LogP contribution in [0.2, 0.25) is 0 Å². The van der Waals surface area contributed by atoms with E-state index in [0.29, 0.717) is 3.57 Å². The van der Waals surface area contributed by atoms with Crippen molar-refractivity contribution in [2.24, 2.45) is 0 Å². The van der Waals surface area contributed by atoms with Crippen LogP contribution in [0.15, 0.2) is 71.6 Å². The quantitative estimate of drug-likeness (QED) is 0.377. The summed E-state index contributed by atoms with van der Waals surface area (Å²) < 4.78 is 57.0. The number of hydrogen-bond acceptors (Lipinski definition) is 6. The van der Waals surface area contributed by atoms with Crippen molar-refractivity contribution in [1.82, 2.24) is 8.61 Å². The van der Waals surface area contributed by atoms with Crippen molar-refractivity contribution < 1.29 is 27.0 Å². The SMILES string of the molecule is Cc1ccc(S(=O)(=O)N2C[C@H](Cc3ccc(O)cc3)N(S(C)(=O)=O)C[C@@H]2Cc2ccc(O)c(I)c2)cc1. The Morgan fingerprint density at radius 3 is 1.95 bits per heavy atom. The molecule has 198 valence electrons. The first-order valence-electron chi connectivity index (χ1n) is 11.7. The Morgan fingerprint density at radius 1 is 0.811 bits per heavy atom. The zero-order chi connectivity index (χ0) is 27.0. The van der Waals surface area contributed by atoms with Gasteiger partial charge in [-0.2, -0.15) is 8.61 Å². The first-order chi connectivity index (χ1) is 17.3. The first-order valence-corrected chi connectivity index (χ1v) is 16.0. The highest BCUT2D eigenvalue weighted by Crippen LogP contribution is 2.30. The number of aromatic hydroxyl groups is 2. The molecule has 0 radical (unpaired) electrons. The average Bonchev–Trinajstić information content (AvgIpc) is 2.83. The van der Waals surface area contributed by atoms with Crippen LogP contribution in [0.25, 0.3) is 0 Å². The van der Waals surface area contributed by atoms with Gasteiger partial charge in [0.1, 0.15) is 11.5 Å². The summed E-state index contributed by atoms with van der Waals surface area (Å²) in [5.74, 6) is 0.225. The molecule has 0 saturated carbocycles. The van der Waals surface area contributed by atoms with Crippen LogP contribution < -0.4 is 0 Å². The Hall–Kier alpha value is -2.19. The Balaban J connectivity index is 1.75. The predicted octanol–water partition coefficient (Wildman–Crippen LogP) is 3.50. The van der Waals surface area contributed by atoms with Crippen LogP contribution in [0.5, 0.6) is 11.5 Å². The lowest BCUT2D eigenvalue weighted by Crippen LogP contribution is -2.62. The highest BCUT2D eigenvalue weighted by Gasteiger charge is 2.43. The highest BCUT2D eigenvalue weighted by molar-refractivity contribution is 14.1. The Morgan fingerprint density at radius 2 is 1.35 bits per heavy atom. The predicted molar refractivity (Wildman–Crippen MR) is 151 cm³/mol. The minimum Gasteiger partial charge on any atom is -0.508 e. The molecule has 3 aromatic rings. The molecule has 0 aliphatic carbocycles. The Bertz CT molecular complexity index is 1480. The molecule has 3 aromatic carbocycles. The number of piperazine rings is 1. The maximum atomic E-state index is 13.9. The van der Waals surface area contributed by atoms with Gasteiger partial charge < -0.3 is 10.2 Å². The average molecular weight is 657 g/mol. The van der Waals surface area contributed by atoms with E-state index < -0.39 is 32.1 Å². The molecule has 2 N–H and O–H groups in total. The lowest BCUT2D eigenvalue weighted by molar-refractivity contribution is 0.144. The van der Waals surface area contributed by atoms with Gasteiger partial charge in [-0.1, -0.05) is 35.9 Å². The molecule has 0 aromatic heterocycles. The summed E-state index contributed by atoms with van der Waals surface area (Å²) >= 11 is 2.01. The number of benzene rings is 3. The van der Waals surface area contributed by atoms with Gasteiger partial charge in [-0.25, -0.2) is 16.8 Å². The van der Waals surface area contributed by atoms with E-state index in [4.69, 9.17) is 0 Å². The fourth-order valence-electron chi connectivity index (χ4n) is 4.63. The molecule has 2 atom stereocenters. The summed E-state index contributed by atoms with van der Waals surface area (Å²) in [6.07, 6.45) is 1.71. The second-order valence-corrected chi connectivity index (χ2v) is 14.4. The Kier molecular flexibility index (Phi) is 8.19. The molecule has 1 aliphatic heterocycles. The number of aryl methyl sites for hydroxylation is 1. The zero-order valence-electron chi connectivity index (χ0n) is 20.5. The van der Waals surface area contributed by atoms with Crippen molar-refractivity contribution in [2.75, 3.05) is 19.3 Å². The van der Waals surface area contributed by atoms with Crippen molar-refractivity contribution in [3.63, 3.8) is 0 Å². The summed E-state index contributed by atoms with van der Waals surface area (Å²) in [7, 11) is -7.61. The number of halogens is 1. The summed E-state index contributed by atoms with van der Waals surface area (Å²) in [6, 6.07) is 16.9. The molecule has 8 nitrogen and oxygen atoms in total. The number of rotatable bonds is 7. The van der Waals surface area contributed by atoms with Gasteiger partial charge >= 0.3 is 0 Å². The van der Waals surface area contributed by atoms with E-state index in [1.807, 2.05) is 29.5 Å². The highest BCUT2D eigenvalue weighted by atomic mass is 127. The van der Waals surface area contributed by atoms with E-state index in [1.54, 1.807) is 54.6 Å². The standard InChI is InChI=1S/C26H29IN2O6S2/c1-18-3-10-24(11-4-18)37(34,35)29-17-21(13-19-5-8-23(30)9-6-19)28(36(2,32)33)16-22(29)14-20-7-12-26(31)25(27)15-20/h3-12,15,21-22,30-31H,13-14,16-17H2,1-2H3/t21-,22-/m0/s1. The minimum atomic E-state index is -3.95. The summed E-state index contributed by atoms with van der Waals surface area (Å²) in [4.78, 5) is 0.152. The number of phenolic OH excluding ortho intramolecular Hbond substituents is 2. The lowest BCUT2D eigenvalue weighted by Gasteiger charge is -2.44. The van der Waals surface area contributed by atoms with Crippen molar-refractivity contribution in [2.45, 2.75) is 36.7 Å². The molecule has 1 aliphatic rings. The fourth-order valence-corrected chi connectivity index (χ4v) is 7.99. The van der Waals surface area contributed by atoms with Crippen molar-refractivity contribution in [1.29, 1.82) is 0 Å². The molecule has 0 amide bonds. The van der Waals surface area contributed by atoms with E-state index in [-0.39, 0.29) is 42.3 Å². The number of sulfonamides is 2. The van der Waals surface area contributed by atoms with E-state index in [0.717, 1.165) is 22.9 Å². The van der Waals surface area contributed by atoms with Crippen molar-refractivity contribution >= 4 is 42.6 Å². The van der Waals surface area contributed by atoms with Crippen LogP contribution >= 0.6 is 22.6 Å². The monoisotopic (exact) mass is 656 g/mol. The van der Waals surface area contributed by atoms with Crippen LogP contribution in [0, 0.1) is 10.5 Å². The molecule has 11 heteroatoms. The fraction of sp³-hybridized carbons (Fsp3) is 0.308. The summed E-state index contributed by atoms with van der Waals surface area (Å²) in [5.41, 5.74) is 2.51. The topological polar surface area (TPSA) is 115 Å². The summed E-state index contributed by atoms with van der Waals surface area (Å²) in [5, 5.41) is 19.6. The lowest BCUT2D eigenvalue weighted by atomic mass is 9.99. The molecule has 0 spiro atoms. The molecule has 4 rings (SSSR count). The molecular weight excluding hydrogens is 627 g/mol. The van der Waals surface area contributed by atoms with E-state index in [9.17, 15) is 27.0 Å². The number of phenols is 2. The van der Waals surface area contributed by atoms with Crippen LogP contribution in [-0.4, -0.2) is 67.1 Å². The molecule has 1 heterocycles. The van der Waals surface area contributed by atoms with E-state index >= 15 is 0 Å². The van der Waals surface area contributed by atoms with Crippen molar-refractivity contribution in [3.8, 4) is 11.5 Å². The van der Waals surface area contributed by atoms with E-state index in [1.165, 1.54) is 20.7 Å². The number of hydrogen-bond donors (Lipinski definition) is 2. The molecule has 0 bridgehead atoms. The third-order valence-electron chi connectivity index (χ3n) is 6.54. The van der Waals surface area contributed by atoms with Gasteiger partial charge in [0.2, 0.25) is 20.0 Å². The smallest absolute Gasteiger partial charge is 0.243 e. The second-order valence-electron chi connectivity index (χ2n) is 9.39. The van der Waals surface area contributed by atoms with E-state index in [2.05, 4.69) is 0 Å². The van der Waals surface area contributed by atoms with Gasteiger partial charge in [0.05, 0.1) is 14.7 Å². The molecule has 1 saturated heterocycles. The third kappa shape index (κ3) is 6.45. The summed E-state index contributed by atoms with van der Waals surface area (Å²) in [6.45, 7) is 1.85. The van der Waals surface area contributed by atoms with Gasteiger partial charge in [0.25, 0.3) is 0 Å². The third-order valence-corrected chi connectivity index (χ3v) is 10.6. The van der Waals surface area contributed by atoms with Gasteiger partial charge in [0.15, 0.2) is 0 Å². The Labute approximate surface area is 231 Å².